The topological polar surface area (TPSA) is 49.4 Å². The normalized spacial score (nSPS) is 16.5. The second kappa shape index (κ2) is 5.91. The zero-order valence-corrected chi connectivity index (χ0v) is 13.4. The molecule has 1 fully saturated rings. The highest BCUT2D eigenvalue weighted by atomic mass is 32.2. The Morgan fingerprint density at radius 3 is 2.63 bits per heavy atom. The second-order valence-electron chi connectivity index (χ2n) is 5.20. The van der Waals surface area contributed by atoms with Gasteiger partial charge in [0.05, 0.1) is 0 Å². The van der Waals surface area contributed by atoms with Gasteiger partial charge in [-0.25, -0.2) is 8.42 Å². The maximum Gasteiger partial charge on any atom is 0.252 e. The Hall–Kier alpha value is -0.430. The van der Waals surface area contributed by atoms with Crippen LogP contribution in [0.25, 0.3) is 0 Å². The first-order valence-corrected chi connectivity index (χ1v) is 9.04. The number of thiophene rings is 1. The van der Waals surface area contributed by atoms with Crippen LogP contribution in [-0.4, -0.2) is 31.4 Å². The fourth-order valence-electron chi connectivity index (χ4n) is 2.00. The lowest BCUT2D eigenvalue weighted by Crippen LogP contribution is -2.32. The lowest BCUT2D eigenvalue weighted by molar-refractivity contribution is 0.422. The first kappa shape index (κ1) is 15.0. The summed E-state index contributed by atoms with van der Waals surface area (Å²) in [5.41, 5.74) is 0. The van der Waals surface area contributed by atoms with Crippen molar-refractivity contribution in [3.8, 4) is 0 Å². The van der Waals surface area contributed by atoms with Crippen LogP contribution < -0.4 is 5.32 Å². The number of nitrogens with one attached hydrogen (secondary N) is 1. The molecule has 0 amide bonds. The van der Waals surface area contributed by atoms with Gasteiger partial charge in [0.2, 0.25) is 0 Å². The lowest BCUT2D eigenvalue weighted by atomic mass is 10.4. The number of hydrogen-bond donors (Lipinski definition) is 1. The maximum atomic E-state index is 12.5. The van der Waals surface area contributed by atoms with Crippen molar-refractivity contribution in [2.75, 3.05) is 6.54 Å². The molecule has 4 nitrogen and oxygen atoms in total. The highest BCUT2D eigenvalue weighted by molar-refractivity contribution is 7.91. The monoisotopic (exact) mass is 302 g/mol. The summed E-state index contributed by atoms with van der Waals surface area (Å²) in [6, 6.07) is 4.28. The Balaban J connectivity index is 2.12. The van der Waals surface area contributed by atoms with E-state index in [-0.39, 0.29) is 6.04 Å². The minimum Gasteiger partial charge on any atom is -0.310 e. The Kier molecular flexibility index (Phi) is 4.66. The molecule has 0 aliphatic heterocycles. The van der Waals surface area contributed by atoms with Crippen LogP contribution in [0.3, 0.4) is 0 Å². The Morgan fingerprint density at radius 2 is 2.11 bits per heavy atom. The van der Waals surface area contributed by atoms with Crippen molar-refractivity contribution in [2.45, 2.75) is 56.5 Å². The van der Waals surface area contributed by atoms with Gasteiger partial charge in [0.1, 0.15) is 4.21 Å². The minimum atomic E-state index is -3.28. The quantitative estimate of drug-likeness (QED) is 0.841. The van der Waals surface area contributed by atoms with Gasteiger partial charge in [0.15, 0.2) is 0 Å². The molecular weight excluding hydrogens is 280 g/mol. The first-order valence-electron chi connectivity index (χ1n) is 6.79. The van der Waals surface area contributed by atoms with Crippen LogP contribution >= 0.6 is 11.3 Å². The van der Waals surface area contributed by atoms with E-state index in [4.69, 9.17) is 0 Å². The van der Waals surface area contributed by atoms with E-state index in [2.05, 4.69) is 19.2 Å². The van der Waals surface area contributed by atoms with Crippen molar-refractivity contribution in [1.29, 1.82) is 0 Å². The van der Waals surface area contributed by atoms with Crippen LogP contribution in [-0.2, 0) is 16.6 Å². The molecule has 0 unspecified atom stereocenters. The highest BCUT2D eigenvalue weighted by Crippen LogP contribution is 2.33. The average Bonchev–Trinajstić information content (AvgIpc) is 3.04. The summed E-state index contributed by atoms with van der Waals surface area (Å²) in [7, 11) is -3.28. The zero-order valence-electron chi connectivity index (χ0n) is 11.7. The van der Waals surface area contributed by atoms with Gasteiger partial charge >= 0.3 is 0 Å². The molecule has 0 radical (unpaired) electrons. The zero-order chi connectivity index (χ0) is 14.0. The van der Waals surface area contributed by atoms with Gasteiger partial charge in [0, 0.05) is 30.1 Å². The average molecular weight is 302 g/mol. The molecule has 0 spiro atoms. The van der Waals surface area contributed by atoms with Gasteiger partial charge in [0.25, 0.3) is 10.0 Å². The molecule has 6 heteroatoms. The van der Waals surface area contributed by atoms with E-state index in [1.807, 2.05) is 13.0 Å². The molecule has 1 aromatic heterocycles. The molecule has 0 aromatic carbocycles. The molecule has 1 aromatic rings. The van der Waals surface area contributed by atoms with Crippen LogP contribution in [0.15, 0.2) is 16.3 Å². The fraction of sp³-hybridized carbons (Fsp3) is 0.692. The van der Waals surface area contributed by atoms with Crippen molar-refractivity contribution < 1.29 is 8.42 Å². The Bertz CT molecular complexity index is 519. The predicted octanol–water partition coefficient (Wildman–Crippen LogP) is 2.42. The van der Waals surface area contributed by atoms with E-state index in [9.17, 15) is 8.42 Å². The summed E-state index contributed by atoms with van der Waals surface area (Å²) in [6.45, 7) is 7.36. The van der Waals surface area contributed by atoms with E-state index in [0.29, 0.717) is 16.8 Å². The maximum absolute atomic E-state index is 12.5. The van der Waals surface area contributed by atoms with Crippen molar-refractivity contribution in [3.63, 3.8) is 0 Å². The van der Waals surface area contributed by atoms with Gasteiger partial charge in [-0.15, -0.1) is 11.3 Å². The first-order chi connectivity index (χ1) is 8.95. The predicted molar refractivity (Wildman–Crippen MR) is 78.9 cm³/mol. The highest BCUT2D eigenvalue weighted by Gasteiger charge is 2.37. The molecule has 1 heterocycles. The number of hydrogen-bond acceptors (Lipinski definition) is 4. The summed E-state index contributed by atoms with van der Waals surface area (Å²) in [6.07, 6.45) is 2.00. The van der Waals surface area contributed by atoms with Gasteiger partial charge < -0.3 is 5.32 Å². The van der Waals surface area contributed by atoms with Gasteiger partial charge in [-0.1, -0.05) is 20.8 Å². The third-order valence-electron chi connectivity index (χ3n) is 3.15. The van der Waals surface area contributed by atoms with Gasteiger partial charge in [-0.05, 0) is 25.0 Å². The smallest absolute Gasteiger partial charge is 0.252 e. The van der Waals surface area contributed by atoms with Crippen LogP contribution in [0.1, 0.15) is 38.5 Å². The Labute approximate surface area is 119 Å². The fourth-order valence-corrected chi connectivity index (χ4v) is 5.13. The largest absolute Gasteiger partial charge is 0.310 e. The van der Waals surface area contributed by atoms with E-state index >= 15 is 0 Å². The van der Waals surface area contributed by atoms with Crippen LogP contribution in [0.5, 0.6) is 0 Å². The van der Waals surface area contributed by atoms with Crippen molar-refractivity contribution >= 4 is 21.4 Å². The molecule has 1 aliphatic rings. The van der Waals surface area contributed by atoms with Crippen LogP contribution in [0.4, 0.5) is 0 Å². The molecule has 108 valence electrons. The van der Waals surface area contributed by atoms with Crippen molar-refractivity contribution in [3.05, 3.63) is 17.0 Å². The van der Waals surface area contributed by atoms with Crippen molar-refractivity contribution in [1.82, 2.24) is 9.62 Å². The number of sulfonamides is 1. The van der Waals surface area contributed by atoms with E-state index in [1.165, 1.54) is 11.3 Å². The molecule has 1 N–H and O–H groups in total. The lowest BCUT2D eigenvalue weighted by Gasteiger charge is -2.18. The molecule has 19 heavy (non-hydrogen) atoms. The minimum absolute atomic E-state index is 0.231. The summed E-state index contributed by atoms with van der Waals surface area (Å²) >= 11 is 1.38. The van der Waals surface area contributed by atoms with Gasteiger partial charge in [-0.2, -0.15) is 4.31 Å². The number of nitrogens with zero attached hydrogens (tertiary/aromatic N) is 1. The third kappa shape index (κ3) is 3.56. The molecule has 0 atom stereocenters. The van der Waals surface area contributed by atoms with Crippen LogP contribution in [0, 0.1) is 0 Å². The molecule has 2 rings (SSSR count). The Morgan fingerprint density at radius 1 is 1.42 bits per heavy atom. The third-order valence-corrected chi connectivity index (χ3v) is 6.73. The summed E-state index contributed by atoms with van der Waals surface area (Å²) in [4.78, 5) is 1.07. The molecule has 0 bridgehead atoms. The second-order valence-corrected chi connectivity index (χ2v) is 8.48. The summed E-state index contributed by atoms with van der Waals surface area (Å²) < 4.78 is 27.1. The summed E-state index contributed by atoms with van der Waals surface area (Å²) in [5, 5.41) is 3.31. The number of rotatable bonds is 7. The molecule has 1 saturated carbocycles. The van der Waals surface area contributed by atoms with Gasteiger partial charge in [-0.3, -0.25) is 0 Å². The van der Waals surface area contributed by atoms with Crippen molar-refractivity contribution in [2.24, 2.45) is 0 Å². The SMILES string of the molecule is CCN(C1CC1)S(=O)(=O)c1ccc(CNC(C)C)s1. The molecular formula is C13H22N2O2S2. The van der Waals surface area contributed by atoms with E-state index < -0.39 is 10.0 Å². The molecule has 1 aliphatic carbocycles. The molecule has 0 saturated heterocycles. The standard InChI is InChI=1S/C13H22N2O2S2/c1-4-15(11-5-6-11)19(16,17)13-8-7-12(18-13)9-14-10(2)3/h7-8,10-11,14H,4-6,9H2,1-3H3. The van der Waals surface area contributed by atoms with E-state index in [1.54, 1.807) is 10.4 Å². The van der Waals surface area contributed by atoms with Crippen LogP contribution in [0.2, 0.25) is 0 Å². The summed E-state index contributed by atoms with van der Waals surface area (Å²) in [5.74, 6) is 0. The van der Waals surface area contributed by atoms with E-state index in [0.717, 1.165) is 24.3 Å².